The summed E-state index contributed by atoms with van der Waals surface area (Å²) in [5, 5.41) is 5.55. The summed E-state index contributed by atoms with van der Waals surface area (Å²) in [4.78, 5) is 39.1. The number of carbonyl (C=O) groups is 3. The molecule has 2 aromatic rings. The third-order valence-corrected chi connectivity index (χ3v) is 5.85. The maximum absolute atomic E-state index is 13.2. The number of hydrogen-bond donors (Lipinski definition) is 3. The van der Waals surface area contributed by atoms with Gasteiger partial charge in [-0.2, -0.15) is 0 Å². The number of rotatable bonds is 15. The van der Waals surface area contributed by atoms with E-state index in [9.17, 15) is 14.4 Å². The molecule has 0 atom stereocenters. The molecule has 9 heteroatoms. The zero-order chi connectivity index (χ0) is 27.0. The summed E-state index contributed by atoms with van der Waals surface area (Å²) in [6.45, 7) is 3.33. The molecule has 0 radical (unpaired) electrons. The van der Waals surface area contributed by atoms with Crippen LogP contribution in [-0.2, 0) is 30.4 Å². The number of anilines is 1. The molecule has 0 aromatic heterocycles. The Morgan fingerprint density at radius 2 is 1.42 bits per heavy atom. The molecular formula is C29H36N4O5. The molecule has 0 aliphatic carbocycles. The molecular weight excluding hydrogens is 484 g/mol. The Morgan fingerprint density at radius 3 is 2.18 bits per heavy atom. The van der Waals surface area contributed by atoms with Crippen LogP contribution in [0.3, 0.4) is 0 Å². The highest BCUT2D eigenvalue weighted by Crippen LogP contribution is 2.25. The zero-order valence-corrected chi connectivity index (χ0v) is 21.7. The van der Waals surface area contributed by atoms with Crippen LogP contribution in [0.25, 0.3) is 0 Å². The minimum Gasteiger partial charge on any atom is -0.378 e. The van der Waals surface area contributed by atoms with Crippen molar-refractivity contribution in [1.29, 1.82) is 0 Å². The van der Waals surface area contributed by atoms with E-state index in [4.69, 9.17) is 15.2 Å². The minimum absolute atomic E-state index is 0.0937. The molecule has 0 saturated heterocycles. The SMILES string of the molecule is NCCOCCOCCNC(=O)CCCC(=O)NCCC(=O)N1Cc2ccccc2C#Cc2ccccc21. The third-order valence-electron chi connectivity index (χ3n) is 5.85. The van der Waals surface area contributed by atoms with E-state index < -0.39 is 0 Å². The number of para-hydroxylation sites is 1. The van der Waals surface area contributed by atoms with Crippen LogP contribution in [0.15, 0.2) is 48.5 Å². The maximum atomic E-state index is 13.2. The van der Waals surface area contributed by atoms with Gasteiger partial charge in [-0.15, -0.1) is 0 Å². The van der Waals surface area contributed by atoms with Gasteiger partial charge in [-0.05, 0) is 30.2 Å². The number of hydrogen-bond acceptors (Lipinski definition) is 6. The Balaban J connectivity index is 1.35. The van der Waals surface area contributed by atoms with Gasteiger partial charge >= 0.3 is 0 Å². The lowest BCUT2D eigenvalue weighted by atomic mass is 10.0. The summed E-state index contributed by atoms with van der Waals surface area (Å²) >= 11 is 0. The molecule has 0 spiro atoms. The lowest BCUT2D eigenvalue weighted by Crippen LogP contribution is -2.35. The van der Waals surface area contributed by atoms with E-state index in [1.165, 1.54) is 0 Å². The molecule has 1 aliphatic heterocycles. The molecule has 38 heavy (non-hydrogen) atoms. The number of benzene rings is 2. The quantitative estimate of drug-likeness (QED) is 0.243. The number of nitrogens with one attached hydrogen (secondary N) is 2. The first-order chi connectivity index (χ1) is 18.6. The second-order valence-corrected chi connectivity index (χ2v) is 8.72. The first-order valence-electron chi connectivity index (χ1n) is 13.0. The first kappa shape index (κ1) is 28.9. The van der Waals surface area contributed by atoms with Gasteiger partial charge in [0, 0.05) is 50.0 Å². The van der Waals surface area contributed by atoms with Gasteiger partial charge < -0.3 is 30.7 Å². The van der Waals surface area contributed by atoms with Crippen molar-refractivity contribution in [3.05, 3.63) is 65.2 Å². The van der Waals surface area contributed by atoms with Crippen molar-refractivity contribution >= 4 is 23.4 Å². The van der Waals surface area contributed by atoms with Crippen LogP contribution in [0, 0.1) is 11.8 Å². The highest BCUT2D eigenvalue weighted by Gasteiger charge is 2.21. The Labute approximate surface area is 224 Å². The van der Waals surface area contributed by atoms with Crippen molar-refractivity contribution in [3.8, 4) is 11.8 Å². The topological polar surface area (TPSA) is 123 Å². The van der Waals surface area contributed by atoms with E-state index in [0.29, 0.717) is 52.5 Å². The first-order valence-corrected chi connectivity index (χ1v) is 13.0. The van der Waals surface area contributed by atoms with Crippen molar-refractivity contribution in [2.75, 3.05) is 51.0 Å². The maximum Gasteiger partial charge on any atom is 0.229 e. The molecule has 0 fully saturated rings. The van der Waals surface area contributed by atoms with E-state index >= 15 is 0 Å². The van der Waals surface area contributed by atoms with Crippen molar-refractivity contribution < 1.29 is 23.9 Å². The Morgan fingerprint density at radius 1 is 0.789 bits per heavy atom. The van der Waals surface area contributed by atoms with Crippen molar-refractivity contribution in [1.82, 2.24) is 10.6 Å². The van der Waals surface area contributed by atoms with E-state index in [-0.39, 0.29) is 43.5 Å². The number of nitrogens with zero attached hydrogens (tertiary/aromatic N) is 1. The molecule has 202 valence electrons. The second kappa shape index (κ2) is 16.2. The standard InChI is InChI=1S/C29H36N4O5/c30-15-18-37-20-21-38-19-17-32-28(35)11-5-10-27(34)31-16-14-29(36)33-22-25-8-2-1-6-23(25)12-13-24-7-3-4-9-26(24)33/h1-4,6-9H,5,10-11,14-22,30H2,(H,31,34)(H,32,35). The van der Waals surface area contributed by atoms with Crippen LogP contribution >= 0.6 is 0 Å². The zero-order valence-electron chi connectivity index (χ0n) is 21.7. The van der Waals surface area contributed by atoms with Crippen molar-refractivity contribution in [2.24, 2.45) is 5.73 Å². The van der Waals surface area contributed by atoms with Crippen LogP contribution in [-0.4, -0.2) is 63.8 Å². The van der Waals surface area contributed by atoms with Gasteiger partial charge in [0.05, 0.1) is 38.7 Å². The molecule has 1 heterocycles. The summed E-state index contributed by atoms with van der Waals surface area (Å²) in [5.41, 5.74) is 8.77. The van der Waals surface area contributed by atoms with Gasteiger partial charge in [-0.1, -0.05) is 42.2 Å². The van der Waals surface area contributed by atoms with E-state index in [2.05, 4.69) is 22.5 Å². The monoisotopic (exact) mass is 520 g/mol. The predicted molar refractivity (Wildman–Crippen MR) is 145 cm³/mol. The van der Waals surface area contributed by atoms with E-state index in [1.807, 2.05) is 48.5 Å². The highest BCUT2D eigenvalue weighted by atomic mass is 16.5. The minimum atomic E-state index is -0.185. The van der Waals surface area contributed by atoms with Crippen LogP contribution in [0.5, 0.6) is 0 Å². The number of amides is 3. The van der Waals surface area contributed by atoms with Gasteiger partial charge in [0.25, 0.3) is 0 Å². The largest absolute Gasteiger partial charge is 0.378 e. The molecule has 0 saturated carbocycles. The molecule has 0 unspecified atom stereocenters. The lowest BCUT2D eigenvalue weighted by Gasteiger charge is -2.26. The van der Waals surface area contributed by atoms with Crippen LogP contribution in [0.4, 0.5) is 5.69 Å². The van der Waals surface area contributed by atoms with Gasteiger partial charge in [0.15, 0.2) is 0 Å². The summed E-state index contributed by atoms with van der Waals surface area (Å²) in [6.07, 6.45) is 1.05. The third kappa shape index (κ3) is 9.63. The molecule has 4 N–H and O–H groups in total. The normalized spacial score (nSPS) is 11.8. The fraction of sp³-hybridized carbons (Fsp3) is 0.414. The van der Waals surface area contributed by atoms with Crippen molar-refractivity contribution in [2.45, 2.75) is 32.2 Å². The van der Waals surface area contributed by atoms with Crippen LogP contribution < -0.4 is 21.3 Å². The van der Waals surface area contributed by atoms with Gasteiger partial charge in [-0.3, -0.25) is 14.4 Å². The van der Waals surface area contributed by atoms with E-state index in [0.717, 1.165) is 22.4 Å². The Hall–Kier alpha value is -3.71. The fourth-order valence-electron chi connectivity index (χ4n) is 3.91. The van der Waals surface area contributed by atoms with Crippen LogP contribution in [0.1, 0.15) is 42.4 Å². The summed E-state index contributed by atoms with van der Waals surface area (Å²) in [6, 6.07) is 15.4. The van der Waals surface area contributed by atoms with Gasteiger partial charge in [-0.25, -0.2) is 0 Å². The number of fused-ring (bicyclic) bond motifs is 2. The Bertz CT molecular complexity index is 1140. The average molecular weight is 521 g/mol. The van der Waals surface area contributed by atoms with Crippen LogP contribution in [0.2, 0.25) is 0 Å². The highest BCUT2D eigenvalue weighted by molar-refractivity contribution is 5.95. The fourth-order valence-corrected chi connectivity index (χ4v) is 3.91. The Kier molecular flexibility index (Phi) is 12.3. The molecule has 0 bridgehead atoms. The van der Waals surface area contributed by atoms with E-state index in [1.54, 1.807) is 4.90 Å². The lowest BCUT2D eigenvalue weighted by molar-refractivity contribution is -0.122. The second-order valence-electron chi connectivity index (χ2n) is 8.72. The molecule has 2 aromatic carbocycles. The molecule has 1 aliphatic rings. The smallest absolute Gasteiger partial charge is 0.229 e. The predicted octanol–water partition coefficient (Wildman–Crippen LogP) is 1.72. The molecule has 9 nitrogen and oxygen atoms in total. The van der Waals surface area contributed by atoms with Gasteiger partial charge in [0.2, 0.25) is 17.7 Å². The number of nitrogens with two attached hydrogens (primary N) is 1. The molecule has 3 amide bonds. The van der Waals surface area contributed by atoms with Gasteiger partial charge in [0.1, 0.15) is 0 Å². The number of carbonyl (C=O) groups excluding carboxylic acids is 3. The summed E-state index contributed by atoms with van der Waals surface area (Å²) in [5.74, 6) is 5.97. The average Bonchev–Trinajstić information content (AvgIpc) is 2.91. The number of ether oxygens (including phenoxy) is 2. The molecule has 3 rings (SSSR count). The summed E-state index contributed by atoms with van der Waals surface area (Å²) < 4.78 is 10.5. The summed E-state index contributed by atoms with van der Waals surface area (Å²) in [7, 11) is 0. The van der Waals surface area contributed by atoms with Crippen molar-refractivity contribution in [3.63, 3.8) is 0 Å².